The highest BCUT2D eigenvalue weighted by molar-refractivity contribution is 7.71. The maximum Gasteiger partial charge on any atom is 0.277 e. The fourth-order valence-corrected chi connectivity index (χ4v) is 3.59. The predicted molar refractivity (Wildman–Crippen MR) is 105 cm³/mol. The SMILES string of the molecule is CC(Cn1c(=S)[nH]c(=O)c2[nH]cnc21)NCc1cn(C)c2ccccc12. The van der Waals surface area contributed by atoms with Crippen molar-refractivity contribution in [2.24, 2.45) is 7.05 Å². The van der Waals surface area contributed by atoms with Gasteiger partial charge in [0.15, 0.2) is 10.4 Å². The number of para-hydroxylation sites is 1. The molecule has 0 saturated heterocycles. The molecule has 0 radical (unpaired) electrons. The fourth-order valence-electron chi connectivity index (χ4n) is 3.34. The van der Waals surface area contributed by atoms with Crippen LogP contribution < -0.4 is 10.9 Å². The van der Waals surface area contributed by atoms with Crippen LogP contribution in [0.15, 0.2) is 41.6 Å². The Morgan fingerprint density at radius 3 is 3.00 bits per heavy atom. The number of aromatic amines is 2. The minimum absolute atomic E-state index is 0.145. The zero-order chi connectivity index (χ0) is 18.3. The van der Waals surface area contributed by atoms with Crippen LogP contribution in [-0.2, 0) is 20.1 Å². The summed E-state index contributed by atoms with van der Waals surface area (Å²) < 4.78 is 4.37. The maximum atomic E-state index is 11.9. The molecule has 0 bridgehead atoms. The molecule has 1 unspecified atom stereocenters. The lowest BCUT2D eigenvalue weighted by molar-refractivity contribution is 0.476. The monoisotopic (exact) mass is 368 g/mol. The molecule has 3 aromatic heterocycles. The molecule has 3 heterocycles. The molecule has 7 nitrogen and oxygen atoms in total. The van der Waals surface area contributed by atoms with Gasteiger partial charge in [0.05, 0.1) is 6.33 Å². The van der Waals surface area contributed by atoms with Gasteiger partial charge in [0.1, 0.15) is 5.52 Å². The van der Waals surface area contributed by atoms with E-state index in [1.807, 2.05) is 4.57 Å². The zero-order valence-corrected chi connectivity index (χ0v) is 15.4. The van der Waals surface area contributed by atoms with Gasteiger partial charge in [-0.1, -0.05) is 18.2 Å². The topological polar surface area (TPSA) is 83.4 Å². The molecule has 134 valence electrons. The average Bonchev–Trinajstić information content (AvgIpc) is 3.23. The molecule has 8 heteroatoms. The smallest absolute Gasteiger partial charge is 0.277 e. The van der Waals surface area contributed by atoms with E-state index in [1.165, 1.54) is 22.8 Å². The van der Waals surface area contributed by atoms with Crippen LogP contribution in [0, 0.1) is 4.77 Å². The first-order valence-corrected chi connectivity index (χ1v) is 8.88. The molecule has 1 aromatic carbocycles. The molecular formula is C18H20N6OS. The molecule has 0 aliphatic carbocycles. The van der Waals surface area contributed by atoms with E-state index >= 15 is 0 Å². The van der Waals surface area contributed by atoms with Gasteiger partial charge in [-0.3, -0.25) is 14.3 Å². The van der Waals surface area contributed by atoms with Gasteiger partial charge in [-0.25, -0.2) is 4.98 Å². The molecule has 4 aromatic rings. The molecule has 0 amide bonds. The summed E-state index contributed by atoms with van der Waals surface area (Å²) in [6.45, 7) is 3.46. The number of H-pyrrole nitrogens is 2. The van der Waals surface area contributed by atoms with Crippen molar-refractivity contribution in [2.75, 3.05) is 0 Å². The van der Waals surface area contributed by atoms with Crippen molar-refractivity contribution < 1.29 is 0 Å². The second kappa shape index (κ2) is 6.54. The summed E-state index contributed by atoms with van der Waals surface area (Å²) in [6, 6.07) is 8.52. The minimum atomic E-state index is -0.241. The first-order valence-electron chi connectivity index (χ1n) is 8.47. The number of nitrogens with one attached hydrogen (secondary N) is 3. The predicted octanol–water partition coefficient (Wildman–Crippen LogP) is 2.45. The first-order chi connectivity index (χ1) is 12.5. The van der Waals surface area contributed by atoms with Crippen molar-refractivity contribution in [3.8, 4) is 0 Å². The number of rotatable bonds is 5. The summed E-state index contributed by atoms with van der Waals surface area (Å²) in [5, 5.41) is 4.80. The van der Waals surface area contributed by atoms with Crippen LogP contribution in [0.1, 0.15) is 12.5 Å². The van der Waals surface area contributed by atoms with E-state index in [9.17, 15) is 4.79 Å². The van der Waals surface area contributed by atoms with Gasteiger partial charge in [-0.15, -0.1) is 0 Å². The Morgan fingerprint density at radius 1 is 1.35 bits per heavy atom. The number of imidazole rings is 1. The number of fused-ring (bicyclic) bond motifs is 2. The maximum absolute atomic E-state index is 11.9. The Bertz CT molecular complexity index is 1200. The third-order valence-electron chi connectivity index (χ3n) is 4.64. The largest absolute Gasteiger partial charge is 0.350 e. The van der Waals surface area contributed by atoms with Gasteiger partial charge in [0, 0.05) is 43.3 Å². The molecule has 0 aliphatic rings. The molecule has 0 aliphatic heterocycles. The summed E-state index contributed by atoms with van der Waals surface area (Å²) in [6.07, 6.45) is 3.67. The molecule has 3 N–H and O–H groups in total. The standard InChI is InChI=1S/C18H20N6OS/c1-11(8-24-16-15(20-10-21-16)17(25)22-18(24)26)19-7-12-9-23(2)14-6-4-3-5-13(12)14/h3-6,9-11,19H,7-8H2,1-2H3,(H,20,21)(H,22,25,26). The zero-order valence-electron chi connectivity index (χ0n) is 14.6. The fraction of sp³-hybridized carbons (Fsp3) is 0.278. The second-order valence-electron chi connectivity index (χ2n) is 6.54. The molecule has 4 rings (SSSR count). The average molecular weight is 368 g/mol. The van der Waals surface area contributed by atoms with E-state index in [1.54, 1.807) is 0 Å². The van der Waals surface area contributed by atoms with Gasteiger partial charge in [-0.2, -0.15) is 0 Å². The first kappa shape index (κ1) is 16.7. The highest BCUT2D eigenvalue weighted by Gasteiger charge is 2.12. The van der Waals surface area contributed by atoms with Crippen molar-refractivity contribution in [1.82, 2.24) is 29.4 Å². The highest BCUT2D eigenvalue weighted by atomic mass is 32.1. The van der Waals surface area contributed by atoms with E-state index < -0.39 is 0 Å². The summed E-state index contributed by atoms with van der Waals surface area (Å²) in [5.74, 6) is 0. The molecule has 26 heavy (non-hydrogen) atoms. The number of aromatic nitrogens is 5. The van der Waals surface area contributed by atoms with Gasteiger partial charge in [0.25, 0.3) is 5.56 Å². The van der Waals surface area contributed by atoms with Crippen LogP contribution >= 0.6 is 12.2 Å². The normalized spacial score (nSPS) is 12.8. The second-order valence-corrected chi connectivity index (χ2v) is 6.92. The van der Waals surface area contributed by atoms with E-state index in [0.29, 0.717) is 22.5 Å². The van der Waals surface area contributed by atoms with Crippen molar-refractivity contribution in [3.05, 3.63) is 57.5 Å². The lowest BCUT2D eigenvalue weighted by atomic mass is 10.1. The molecular weight excluding hydrogens is 348 g/mol. The molecule has 0 spiro atoms. The Morgan fingerprint density at radius 2 is 2.15 bits per heavy atom. The summed E-state index contributed by atoms with van der Waals surface area (Å²) in [4.78, 5) is 21.7. The third-order valence-corrected chi connectivity index (χ3v) is 4.97. The molecule has 0 saturated carbocycles. The van der Waals surface area contributed by atoms with Gasteiger partial charge < -0.3 is 14.9 Å². The molecule has 0 fully saturated rings. The number of nitrogens with zero attached hydrogens (tertiary/aromatic N) is 3. The lowest BCUT2D eigenvalue weighted by Crippen LogP contribution is -2.31. The number of hydrogen-bond donors (Lipinski definition) is 3. The third kappa shape index (κ3) is 2.87. The Kier molecular flexibility index (Phi) is 4.21. The van der Waals surface area contributed by atoms with Crippen LogP contribution in [0.25, 0.3) is 22.1 Å². The summed E-state index contributed by atoms with van der Waals surface area (Å²) >= 11 is 5.32. The van der Waals surface area contributed by atoms with Crippen molar-refractivity contribution in [2.45, 2.75) is 26.1 Å². The van der Waals surface area contributed by atoms with E-state index in [2.05, 4.69) is 69.3 Å². The van der Waals surface area contributed by atoms with Gasteiger partial charge >= 0.3 is 0 Å². The van der Waals surface area contributed by atoms with E-state index in [4.69, 9.17) is 12.2 Å². The van der Waals surface area contributed by atoms with Crippen LogP contribution in [0.3, 0.4) is 0 Å². The highest BCUT2D eigenvalue weighted by Crippen LogP contribution is 2.20. The number of benzene rings is 1. The lowest BCUT2D eigenvalue weighted by Gasteiger charge is -2.16. The Hall–Kier alpha value is -2.71. The molecule has 1 atom stereocenters. The summed E-state index contributed by atoms with van der Waals surface area (Å²) in [7, 11) is 2.06. The quantitative estimate of drug-likeness (QED) is 0.473. The van der Waals surface area contributed by atoms with Crippen molar-refractivity contribution in [1.29, 1.82) is 0 Å². The Balaban J connectivity index is 1.55. The van der Waals surface area contributed by atoms with Gasteiger partial charge in [0.2, 0.25) is 0 Å². The van der Waals surface area contributed by atoms with Crippen LogP contribution in [0.4, 0.5) is 0 Å². The van der Waals surface area contributed by atoms with E-state index in [0.717, 1.165) is 6.54 Å². The van der Waals surface area contributed by atoms with Gasteiger partial charge in [-0.05, 0) is 30.8 Å². The van der Waals surface area contributed by atoms with Crippen LogP contribution in [0.2, 0.25) is 0 Å². The summed E-state index contributed by atoms with van der Waals surface area (Å²) in [5.41, 5.74) is 3.26. The minimum Gasteiger partial charge on any atom is -0.350 e. The van der Waals surface area contributed by atoms with Crippen LogP contribution in [-0.4, -0.2) is 30.1 Å². The van der Waals surface area contributed by atoms with Crippen molar-refractivity contribution in [3.63, 3.8) is 0 Å². The number of hydrogen-bond acceptors (Lipinski definition) is 4. The van der Waals surface area contributed by atoms with Crippen LogP contribution in [0.5, 0.6) is 0 Å². The number of aryl methyl sites for hydroxylation is 1. The van der Waals surface area contributed by atoms with E-state index in [-0.39, 0.29) is 11.6 Å². The Labute approximate surface area is 154 Å². The van der Waals surface area contributed by atoms with Crippen molar-refractivity contribution >= 4 is 34.3 Å².